The normalized spacial score (nSPS) is 20.9. The van der Waals surface area contributed by atoms with E-state index in [0.29, 0.717) is 17.8 Å². The van der Waals surface area contributed by atoms with Crippen molar-refractivity contribution < 1.29 is 9.59 Å². The van der Waals surface area contributed by atoms with Gasteiger partial charge in [0.05, 0.1) is 6.54 Å². The number of nitrogens with one attached hydrogen (secondary N) is 1. The van der Waals surface area contributed by atoms with Gasteiger partial charge in [0.2, 0.25) is 11.8 Å². The molecule has 0 spiro atoms. The van der Waals surface area contributed by atoms with Gasteiger partial charge >= 0.3 is 0 Å². The van der Waals surface area contributed by atoms with Gasteiger partial charge in [-0.25, -0.2) is 4.99 Å². The molecule has 2 amide bonds. The van der Waals surface area contributed by atoms with E-state index in [1.54, 1.807) is 28.2 Å². The predicted octanol–water partition coefficient (Wildman–Crippen LogP) is 0.704. The third kappa shape index (κ3) is 7.23. The third-order valence-electron chi connectivity index (χ3n) is 4.39. The molecule has 8 heteroatoms. The monoisotopic (exact) mass is 453 g/mol. The lowest BCUT2D eigenvalue weighted by Crippen LogP contribution is -2.50. The average Bonchev–Trinajstić information content (AvgIpc) is 2.49. The van der Waals surface area contributed by atoms with Crippen molar-refractivity contribution in [1.82, 2.24) is 20.0 Å². The van der Waals surface area contributed by atoms with E-state index in [0.717, 1.165) is 19.5 Å². The van der Waals surface area contributed by atoms with E-state index in [-0.39, 0.29) is 48.9 Å². The SMILES string of the molecule is CC1CCN(C(=NCC(=O)N(C)C)NCC(=O)N(C)C)CC1C.I. The number of nitrogens with zero attached hydrogens (tertiary/aromatic N) is 4. The van der Waals surface area contributed by atoms with Crippen LogP contribution in [0.5, 0.6) is 0 Å². The Labute approximate surface area is 162 Å². The van der Waals surface area contributed by atoms with Gasteiger partial charge in [-0.1, -0.05) is 13.8 Å². The number of amides is 2. The van der Waals surface area contributed by atoms with Crippen LogP contribution in [-0.4, -0.2) is 86.8 Å². The molecule has 1 heterocycles. The minimum Gasteiger partial charge on any atom is -0.347 e. The number of hydrogen-bond acceptors (Lipinski definition) is 3. The van der Waals surface area contributed by atoms with E-state index >= 15 is 0 Å². The number of guanidine groups is 1. The van der Waals surface area contributed by atoms with Gasteiger partial charge in [0.25, 0.3) is 0 Å². The van der Waals surface area contributed by atoms with Crippen LogP contribution in [0.25, 0.3) is 0 Å². The highest BCUT2D eigenvalue weighted by atomic mass is 127. The number of piperidine rings is 1. The maximum Gasteiger partial charge on any atom is 0.243 e. The van der Waals surface area contributed by atoms with Crippen molar-refractivity contribution in [2.75, 3.05) is 54.4 Å². The first-order valence-corrected chi connectivity index (χ1v) is 8.16. The summed E-state index contributed by atoms with van der Waals surface area (Å²) in [7, 11) is 6.87. The Kier molecular flexibility index (Phi) is 10.3. The summed E-state index contributed by atoms with van der Waals surface area (Å²) in [5, 5.41) is 3.11. The molecular formula is C16H32IN5O2. The van der Waals surface area contributed by atoms with Crippen LogP contribution in [0.1, 0.15) is 20.3 Å². The van der Waals surface area contributed by atoms with Crippen LogP contribution >= 0.6 is 24.0 Å². The largest absolute Gasteiger partial charge is 0.347 e. The first-order valence-electron chi connectivity index (χ1n) is 8.16. The average molecular weight is 453 g/mol. The molecule has 7 nitrogen and oxygen atoms in total. The molecule has 2 atom stereocenters. The Morgan fingerprint density at radius 3 is 2.17 bits per heavy atom. The molecule has 1 fully saturated rings. The molecule has 0 radical (unpaired) electrons. The summed E-state index contributed by atoms with van der Waals surface area (Å²) in [5.74, 6) is 1.81. The number of carbonyl (C=O) groups is 2. The number of likely N-dealkylation sites (N-methyl/N-ethyl adjacent to an activating group) is 2. The van der Waals surface area contributed by atoms with Crippen molar-refractivity contribution in [3.8, 4) is 0 Å². The van der Waals surface area contributed by atoms with Crippen molar-refractivity contribution in [3.05, 3.63) is 0 Å². The predicted molar refractivity (Wildman–Crippen MR) is 108 cm³/mol. The highest BCUT2D eigenvalue weighted by Gasteiger charge is 2.25. The van der Waals surface area contributed by atoms with E-state index in [1.165, 1.54) is 9.80 Å². The standard InChI is InChI=1S/C16H31N5O2.HI/c1-12-7-8-21(11-13(12)2)16(17-9-14(22)19(3)4)18-10-15(23)20(5)6;/h12-13H,7-11H2,1-6H3,(H,17,18);1H. The lowest BCUT2D eigenvalue weighted by atomic mass is 9.89. The van der Waals surface area contributed by atoms with Gasteiger partial charge in [-0.2, -0.15) is 0 Å². The number of carbonyl (C=O) groups excluding carboxylic acids is 2. The molecule has 0 aromatic carbocycles. The van der Waals surface area contributed by atoms with Crippen molar-refractivity contribution in [1.29, 1.82) is 0 Å². The molecular weight excluding hydrogens is 421 g/mol. The van der Waals surface area contributed by atoms with Gasteiger partial charge in [-0.15, -0.1) is 24.0 Å². The number of likely N-dealkylation sites (tertiary alicyclic amines) is 1. The van der Waals surface area contributed by atoms with Gasteiger partial charge < -0.3 is 20.0 Å². The second-order valence-electron chi connectivity index (χ2n) is 6.76. The van der Waals surface area contributed by atoms with E-state index in [2.05, 4.69) is 29.1 Å². The van der Waals surface area contributed by atoms with Crippen molar-refractivity contribution >= 4 is 41.8 Å². The van der Waals surface area contributed by atoms with Crippen molar-refractivity contribution in [3.63, 3.8) is 0 Å². The third-order valence-corrected chi connectivity index (χ3v) is 4.39. The topological polar surface area (TPSA) is 68.2 Å². The molecule has 0 saturated carbocycles. The molecule has 0 aliphatic carbocycles. The lowest BCUT2D eigenvalue weighted by Gasteiger charge is -2.37. The summed E-state index contributed by atoms with van der Waals surface area (Å²) in [4.78, 5) is 33.2. The zero-order valence-electron chi connectivity index (χ0n) is 15.7. The fourth-order valence-electron chi connectivity index (χ4n) is 2.32. The highest BCUT2D eigenvalue weighted by molar-refractivity contribution is 14.0. The summed E-state index contributed by atoms with van der Waals surface area (Å²) < 4.78 is 0. The minimum absolute atomic E-state index is 0. The first-order chi connectivity index (χ1) is 10.7. The van der Waals surface area contributed by atoms with Crippen LogP contribution < -0.4 is 5.32 Å². The Morgan fingerprint density at radius 1 is 1.08 bits per heavy atom. The number of aliphatic imine (C=N–C) groups is 1. The van der Waals surface area contributed by atoms with Crippen molar-refractivity contribution in [2.24, 2.45) is 16.8 Å². The molecule has 140 valence electrons. The number of halogens is 1. The highest BCUT2D eigenvalue weighted by Crippen LogP contribution is 2.22. The molecule has 1 aliphatic heterocycles. The maximum absolute atomic E-state index is 11.8. The molecule has 0 aromatic rings. The summed E-state index contributed by atoms with van der Waals surface area (Å²) in [6.45, 7) is 6.54. The van der Waals surface area contributed by atoms with Crippen LogP contribution in [0.4, 0.5) is 0 Å². The van der Waals surface area contributed by atoms with Gasteiger partial charge in [-0.3, -0.25) is 9.59 Å². The minimum atomic E-state index is -0.0540. The summed E-state index contributed by atoms with van der Waals surface area (Å²) in [5.41, 5.74) is 0. The second kappa shape index (κ2) is 10.7. The first kappa shape index (κ1) is 22.9. The number of rotatable bonds is 4. The molecule has 0 bridgehead atoms. The smallest absolute Gasteiger partial charge is 0.243 e. The zero-order valence-corrected chi connectivity index (χ0v) is 18.0. The molecule has 0 aromatic heterocycles. The van der Waals surface area contributed by atoms with E-state index < -0.39 is 0 Å². The summed E-state index contributed by atoms with van der Waals surface area (Å²) in [6, 6.07) is 0. The zero-order chi connectivity index (χ0) is 17.6. The molecule has 1 N–H and O–H groups in total. The van der Waals surface area contributed by atoms with Gasteiger partial charge in [0.1, 0.15) is 6.54 Å². The van der Waals surface area contributed by atoms with Crippen LogP contribution in [0, 0.1) is 11.8 Å². The van der Waals surface area contributed by atoms with Crippen LogP contribution in [0.2, 0.25) is 0 Å². The Balaban J connectivity index is 0.00000529. The van der Waals surface area contributed by atoms with E-state index in [9.17, 15) is 9.59 Å². The Morgan fingerprint density at radius 2 is 1.67 bits per heavy atom. The fraction of sp³-hybridized carbons (Fsp3) is 0.812. The molecule has 2 unspecified atom stereocenters. The maximum atomic E-state index is 11.8. The van der Waals surface area contributed by atoms with Crippen molar-refractivity contribution in [2.45, 2.75) is 20.3 Å². The molecule has 24 heavy (non-hydrogen) atoms. The Bertz CT molecular complexity index is 454. The van der Waals surface area contributed by atoms with E-state index in [1.807, 2.05) is 0 Å². The van der Waals surface area contributed by atoms with Gasteiger partial charge in [0.15, 0.2) is 5.96 Å². The Hall–Kier alpha value is -1.06. The lowest BCUT2D eigenvalue weighted by molar-refractivity contribution is -0.127. The van der Waals surface area contributed by atoms with Crippen LogP contribution in [0.3, 0.4) is 0 Å². The quantitative estimate of drug-likeness (QED) is 0.387. The van der Waals surface area contributed by atoms with Crippen LogP contribution in [-0.2, 0) is 9.59 Å². The van der Waals surface area contributed by atoms with E-state index in [4.69, 9.17) is 0 Å². The van der Waals surface area contributed by atoms with Crippen LogP contribution in [0.15, 0.2) is 4.99 Å². The second-order valence-corrected chi connectivity index (χ2v) is 6.76. The molecule has 1 rings (SSSR count). The van der Waals surface area contributed by atoms with Gasteiger partial charge in [-0.05, 0) is 18.3 Å². The summed E-state index contributed by atoms with van der Waals surface area (Å²) >= 11 is 0. The summed E-state index contributed by atoms with van der Waals surface area (Å²) in [6.07, 6.45) is 1.09. The molecule has 1 saturated heterocycles. The van der Waals surface area contributed by atoms with Gasteiger partial charge in [0, 0.05) is 41.3 Å². The number of hydrogen-bond donors (Lipinski definition) is 1. The molecule has 1 aliphatic rings. The fourth-order valence-corrected chi connectivity index (χ4v) is 2.32.